The van der Waals surface area contributed by atoms with E-state index in [1.54, 1.807) is 37.4 Å². The molecule has 30 heavy (non-hydrogen) atoms. The van der Waals surface area contributed by atoms with E-state index in [4.69, 9.17) is 9.47 Å². The van der Waals surface area contributed by atoms with Gasteiger partial charge in [-0.25, -0.2) is 13.1 Å². The van der Waals surface area contributed by atoms with E-state index in [9.17, 15) is 23.7 Å². The van der Waals surface area contributed by atoms with Gasteiger partial charge in [0.05, 0.1) is 18.1 Å². The van der Waals surface area contributed by atoms with Crippen LogP contribution in [-0.2, 0) is 14.8 Å². The van der Waals surface area contributed by atoms with Crippen molar-refractivity contribution in [1.82, 2.24) is 4.72 Å². The number of thiophene rings is 1. The summed E-state index contributed by atoms with van der Waals surface area (Å²) in [6.07, 6.45) is -5.78. The van der Waals surface area contributed by atoms with Crippen LogP contribution in [0.1, 0.15) is 17.4 Å². The van der Waals surface area contributed by atoms with E-state index in [-0.39, 0.29) is 10.8 Å². The highest BCUT2D eigenvalue weighted by molar-refractivity contribution is 7.91. The van der Waals surface area contributed by atoms with Gasteiger partial charge < -0.3 is 24.8 Å². The van der Waals surface area contributed by atoms with Crippen LogP contribution in [0.3, 0.4) is 0 Å². The Morgan fingerprint density at radius 2 is 1.77 bits per heavy atom. The lowest BCUT2D eigenvalue weighted by Gasteiger charge is -2.39. The van der Waals surface area contributed by atoms with Crippen LogP contribution in [0, 0.1) is 11.8 Å². The average Bonchev–Trinajstić information content (AvgIpc) is 3.23. The molecule has 3 rings (SSSR count). The maximum absolute atomic E-state index is 12.6. The first-order valence-electron chi connectivity index (χ1n) is 9.16. The van der Waals surface area contributed by atoms with Gasteiger partial charge in [0.2, 0.25) is 10.0 Å². The molecule has 2 heterocycles. The van der Waals surface area contributed by atoms with Gasteiger partial charge in [-0.15, -0.1) is 11.3 Å². The molecule has 10 heteroatoms. The molecule has 1 aliphatic rings. The molecule has 5 atom stereocenters. The largest absolute Gasteiger partial charge is 0.497 e. The van der Waals surface area contributed by atoms with Crippen LogP contribution in [0.2, 0.25) is 0 Å². The Kier molecular flexibility index (Phi) is 7.15. The van der Waals surface area contributed by atoms with Gasteiger partial charge in [-0.2, -0.15) is 0 Å². The quantitative estimate of drug-likeness (QED) is 0.480. The summed E-state index contributed by atoms with van der Waals surface area (Å²) in [5, 5.41) is 29.6. The van der Waals surface area contributed by atoms with Gasteiger partial charge in [-0.1, -0.05) is 11.8 Å². The molecule has 0 bridgehead atoms. The highest BCUT2D eigenvalue weighted by atomic mass is 32.2. The van der Waals surface area contributed by atoms with Crippen molar-refractivity contribution < 1.29 is 33.2 Å². The number of hydrogen-bond donors (Lipinski definition) is 4. The van der Waals surface area contributed by atoms with Gasteiger partial charge in [0.25, 0.3) is 0 Å². The van der Waals surface area contributed by atoms with Crippen LogP contribution in [-0.4, -0.2) is 67.9 Å². The monoisotopic (exact) mass is 453 g/mol. The fraction of sp³-hybridized carbons (Fsp3) is 0.400. The Balaban J connectivity index is 1.65. The summed E-state index contributed by atoms with van der Waals surface area (Å²) in [6, 6.07) is 10.3. The zero-order chi connectivity index (χ0) is 21.9. The van der Waals surface area contributed by atoms with Crippen molar-refractivity contribution in [3.8, 4) is 17.6 Å². The van der Waals surface area contributed by atoms with Gasteiger partial charge in [-0.3, -0.25) is 0 Å². The third-order valence-corrected chi connectivity index (χ3v) is 7.61. The van der Waals surface area contributed by atoms with E-state index in [0.717, 1.165) is 22.6 Å². The first-order chi connectivity index (χ1) is 14.2. The number of ether oxygens (including phenoxy) is 2. The molecule has 0 amide bonds. The molecule has 0 spiro atoms. The summed E-state index contributed by atoms with van der Waals surface area (Å²) in [7, 11) is -2.27. The van der Waals surface area contributed by atoms with Crippen molar-refractivity contribution in [3.63, 3.8) is 0 Å². The van der Waals surface area contributed by atoms with Crippen LogP contribution in [0.4, 0.5) is 0 Å². The highest BCUT2D eigenvalue weighted by Gasteiger charge is 2.41. The van der Waals surface area contributed by atoms with E-state index in [1.807, 2.05) is 0 Å². The predicted molar refractivity (Wildman–Crippen MR) is 111 cm³/mol. The Bertz CT molecular complexity index is 1020. The number of benzene rings is 1. The Morgan fingerprint density at radius 1 is 1.07 bits per heavy atom. The van der Waals surface area contributed by atoms with E-state index in [1.165, 1.54) is 13.0 Å². The van der Waals surface area contributed by atoms with Crippen molar-refractivity contribution >= 4 is 21.4 Å². The van der Waals surface area contributed by atoms with E-state index >= 15 is 0 Å². The van der Waals surface area contributed by atoms with Crippen LogP contribution in [0.25, 0.3) is 0 Å². The molecule has 1 aliphatic heterocycles. The molecule has 1 saturated heterocycles. The first kappa shape index (κ1) is 22.7. The lowest BCUT2D eigenvalue weighted by atomic mass is 9.96. The number of hydrogen-bond acceptors (Lipinski definition) is 8. The number of sulfonamides is 1. The van der Waals surface area contributed by atoms with Crippen molar-refractivity contribution in [2.24, 2.45) is 0 Å². The van der Waals surface area contributed by atoms with Gasteiger partial charge in [-0.05, 0) is 43.3 Å². The SMILES string of the molecule is COc1ccc(C#Cc2ccc(S(=O)(=O)NC[C@H]3O[C@@H](C)[C@@H](O)[C@@H](O)[C@@H]3O)s2)cc1. The van der Waals surface area contributed by atoms with Gasteiger partial charge in [0, 0.05) is 12.1 Å². The molecule has 1 fully saturated rings. The Hall–Kier alpha value is -1.97. The number of methoxy groups -OCH3 is 1. The van der Waals surface area contributed by atoms with Gasteiger partial charge >= 0.3 is 0 Å². The Labute approximate surface area is 179 Å². The third kappa shape index (κ3) is 5.19. The highest BCUT2D eigenvalue weighted by Crippen LogP contribution is 2.23. The molecular weight excluding hydrogens is 430 g/mol. The molecule has 0 saturated carbocycles. The second-order valence-corrected chi connectivity index (χ2v) is 9.88. The lowest BCUT2D eigenvalue weighted by Crippen LogP contribution is -2.59. The summed E-state index contributed by atoms with van der Waals surface area (Å²) in [5.41, 5.74) is 0.769. The molecule has 0 aliphatic carbocycles. The standard InChI is InChI=1S/C20H23NO7S2/c1-12-18(22)20(24)19(23)16(28-12)11-21-30(25,26)17-10-9-15(29-17)8-5-13-3-6-14(27-2)7-4-13/h3-4,6-7,9-10,12,16,18-24H,11H2,1-2H3/t12-,16+,18+,19+,20+/m0/s1. The third-order valence-electron chi connectivity index (χ3n) is 4.69. The number of rotatable bonds is 5. The minimum absolute atomic E-state index is 0.0699. The second-order valence-electron chi connectivity index (χ2n) is 6.80. The topological polar surface area (TPSA) is 125 Å². The number of aliphatic hydroxyl groups is 3. The second kappa shape index (κ2) is 9.45. The fourth-order valence-corrected chi connectivity index (χ4v) is 5.16. The molecule has 0 unspecified atom stereocenters. The average molecular weight is 454 g/mol. The van der Waals surface area contributed by atoms with Crippen LogP contribution in [0.15, 0.2) is 40.6 Å². The molecular formula is C20H23NO7S2. The minimum atomic E-state index is -3.85. The fourth-order valence-electron chi connectivity index (χ4n) is 2.91. The summed E-state index contributed by atoms with van der Waals surface area (Å²) >= 11 is 1.01. The smallest absolute Gasteiger partial charge is 0.250 e. The first-order valence-corrected chi connectivity index (χ1v) is 11.5. The van der Waals surface area contributed by atoms with Crippen LogP contribution < -0.4 is 9.46 Å². The summed E-state index contributed by atoms with van der Waals surface area (Å²) in [4.78, 5) is 0.576. The predicted octanol–water partition coefficient (Wildman–Crippen LogP) is 0.305. The van der Waals surface area contributed by atoms with Crippen molar-refractivity contribution in [3.05, 3.63) is 46.8 Å². The summed E-state index contributed by atoms with van der Waals surface area (Å²) in [6.45, 7) is 1.29. The maximum atomic E-state index is 12.6. The lowest BCUT2D eigenvalue weighted by molar-refractivity contribution is -0.214. The zero-order valence-corrected chi connectivity index (χ0v) is 18.0. The normalized spacial score (nSPS) is 26.6. The zero-order valence-electron chi connectivity index (χ0n) is 16.3. The van der Waals surface area contributed by atoms with Gasteiger partial charge in [0.1, 0.15) is 34.4 Å². The van der Waals surface area contributed by atoms with E-state index in [2.05, 4.69) is 16.6 Å². The van der Waals surface area contributed by atoms with Gasteiger partial charge in [0.15, 0.2) is 0 Å². The molecule has 8 nitrogen and oxygen atoms in total. The molecule has 0 radical (unpaired) electrons. The molecule has 2 aromatic rings. The minimum Gasteiger partial charge on any atom is -0.497 e. The van der Waals surface area contributed by atoms with Crippen molar-refractivity contribution in [2.75, 3.05) is 13.7 Å². The van der Waals surface area contributed by atoms with Crippen molar-refractivity contribution in [1.29, 1.82) is 0 Å². The molecule has 1 aromatic heterocycles. The summed E-state index contributed by atoms with van der Waals surface area (Å²) in [5.74, 6) is 6.62. The maximum Gasteiger partial charge on any atom is 0.250 e. The van der Waals surface area contributed by atoms with Crippen LogP contribution >= 0.6 is 11.3 Å². The van der Waals surface area contributed by atoms with Crippen molar-refractivity contribution in [2.45, 2.75) is 41.7 Å². The number of aliphatic hydroxyl groups excluding tert-OH is 3. The van der Waals surface area contributed by atoms with E-state index < -0.39 is 40.5 Å². The molecule has 1 aromatic carbocycles. The van der Waals surface area contributed by atoms with Crippen LogP contribution in [0.5, 0.6) is 5.75 Å². The summed E-state index contributed by atoms with van der Waals surface area (Å²) < 4.78 is 38.1. The molecule has 4 N–H and O–H groups in total. The number of nitrogens with one attached hydrogen (secondary N) is 1. The van der Waals surface area contributed by atoms with E-state index in [0.29, 0.717) is 4.88 Å². The Morgan fingerprint density at radius 3 is 2.43 bits per heavy atom. The molecule has 162 valence electrons.